The number of halogens is 6. The van der Waals surface area contributed by atoms with Crippen LogP contribution >= 0.6 is 0 Å². The summed E-state index contributed by atoms with van der Waals surface area (Å²) in [7, 11) is 0.583. The van der Waals surface area contributed by atoms with Gasteiger partial charge in [-0.05, 0) is 59.1 Å². The summed E-state index contributed by atoms with van der Waals surface area (Å²) in [6, 6.07) is 17.5. The second kappa shape index (κ2) is 23.1. The summed E-state index contributed by atoms with van der Waals surface area (Å²) in [5.41, 5.74) is 1.78. The minimum absolute atomic E-state index is 0.104. The summed E-state index contributed by atoms with van der Waals surface area (Å²) in [5.74, 6) is 0.167. The van der Waals surface area contributed by atoms with Gasteiger partial charge >= 0.3 is 12.4 Å². The summed E-state index contributed by atoms with van der Waals surface area (Å²) >= 11 is 0. The van der Waals surface area contributed by atoms with Crippen LogP contribution in [0.1, 0.15) is 76.6 Å². The monoisotopic (exact) mass is 632 g/mol. The first kappa shape index (κ1) is 46.6. The van der Waals surface area contributed by atoms with E-state index >= 15 is 0 Å². The number of carbonyl (C=O) groups is 1. The minimum atomic E-state index is -5.24. The van der Waals surface area contributed by atoms with Gasteiger partial charge in [-0.2, -0.15) is 26.3 Å². The van der Waals surface area contributed by atoms with Gasteiger partial charge in [-0.25, -0.2) is 8.42 Å². The Morgan fingerprint density at radius 3 is 1.00 bits per heavy atom. The van der Waals surface area contributed by atoms with Gasteiger partial charge < -0.3 is 9.53 Å². The predicted molar refractivity (Wildman–Crippen MR) is 162 cm³/mol. The number of ketones is 1. The fourth-order valence-electron chi connectivity index (χ4n) is 1.81. The van der Waals surface area contributed by atoms with Crippen LogP contribution in [0.3, 0.4) is 0 Å². The second-order valence-electron chi connectivity index (χ2n) is 10.2. The zero-order valence-corrected chi connectivity index (χ0v) is 27.9. The average molecular weight is 633 g/mol. The number of benzene rings is 2. The summed E-state index contributed by atoms with van der Waals surface area (Å²) in [6.45, 7) is 11.9. The van der Waals surface area contributed by atoms with Crippen LogP contribution in [0.25, 0.3) is 0 Å². The Kier molecular flexibility index (Phi) is 25.6. The maximum Gasteiger partial charge on any atom is 0.402 e. The topological polar surface area (TPSA) is 60.4 Å². The Labute approximate surface area is 249 Å². The maximum absolute atomic E-state index is 11.6. The van der Waals surface area contributed by atoms with E-state index in [-0.39, 0.29) is 19.6 Å². The van der Waals surface area contributed by atoms with Crippen LogP contribution in [-0.2, 0) is 25.8 Å². The van der Waals surface area contributed by atoms with Crippen molar-refractivity contribution >= 4 is 15.6 Å². The lowest BCUT2D eigenvalue weighted by Crippen LogP contribution is -2.44. The summed E-state index contributed by atoms with van der Waals surface area (Å²) < 4.78 is 93.2. The molecule has 0 N–H and O–H groups in total. The summed E-state index contributed by atoms with van der Waals surface area (Å²) in [5, 5.41) is 0. The Balaban J connectivity index is -0.000000234. The van der Waals surface area contributed by atoms with Gasteiger partial charge in [0, 0.05) is 26.7 Å². The molecule has 0 unspecified atom stereocenters. The van der Waals surface area contributed by atoms with E-state index in [1.54, 1.807) is 14.2 Å². The maximum atomic E-state index is 11.6. The number of unbranched alkanes of at least 4 members (excludes halogenated alkanes) is 1. The van der Waals surface area contributed by atoms with Crippen molar-refractivity contribution in [2.24, 2.45) is 5.41 Å². The molecular formula is C31H50F6O4S. The van der Waals surface area contributed by atoms with Crippen LogP contribution in [0.5, 0.6) is 0 Å². The number of rotatable bonds is 3. The van der Waals surface area contributed by atoms with Gasteiger partial charge in [0.25, 0.3) is 0 Å². The number of ether oxygens (including phenoxy) is 1. The number of alkyl halides is 6. The number of methoxy groups -OCH3 is 1. The summed E-state index contributed by atoms with van der Waals surface area (Å²) in [6.07, 6.45) is -4.50. The molecule has 2 aromatic carbocycles. The number of carbonyl (C=O) groups excluding carboxylic acids is 1. The van der Waals surface area contributed by atoms with Crippen LogP contribution in [-0.4, -0.2) is 53.3 Å². The van der Waals surface area contributed by atoms with Crippen molar-refractivity contribution < 1.29 is 44.3 Å². The highest BCUT2D eigenvalue weighted by molar-refractivity contribution is 7.89. The van der Waals surface area contributed by atoms with Crippen molar-refractivity contribution in [1.29, 1.82) is 0 Å². The molecule has 0 spiro atoms. The number of hydrogen-bond acceptors (Lipinski definition) is 4. The first-order valence-electron chi connectivity index (χ1n) is 13.1. The molecule has 2 rings (SSSR count). The smallest absolute Gasteiger partial charge is 0.388 e. The molecule has 0 saturated carbocycles. The molecule has 246 valence electrons. The highest BCUT2D eigenvalue weighted by Gasteiger charge is 2.64. The Morgan fingerprint density at radius 2 is 0.881 bits per heavy atom. The fourth-order valence-corrected chi connectivity index (χ4v) is 1.81. The normalized spacial score (nSPS) is 10.8. The zero-order valence-electron chi connectivity index (χ0n) is 27.0. The fraction of sp³-hybridized carbons (Fsp3) is 0.581. The first-order valence-corrected chi connectivity index (χ1v) is 15.4. The van der Waals surface area contributed by atoms with Gasteiger partial charge in [0.1, 0.15) is 15.6 Å². The minimum Gasteiger partial charge on any atom is -0.388 e. The van der Waals surface area contributed by atoms with E-state index < -0.39 is 27.6 Å². The lowest BCUT2D eigenvalue weighted by atomic mass is 9.92. The van der Waals surface area contributed by atoms with Gasteiger partial charge in [-0.1, -0.05) is 86.3 Å². The molecule has 0 aromatic heterocycles. The molecule has 0 amide bonds. The van der Waals surface area contributed by atoms with E-state index in [0.29, 0.717) is 0 Å². The molecule has 0 atom stereocenters. The van der Waals surface area contributed by atoms with Gasteiger partial charge in [0.2, 0.25) is 0 Å². The SMILES string of the molecule is CC(C)(C(F)(F)F)C(F)(F)F.CC(C)=O.CCCC.COC.CS(C)(=O)=O.Cc1ccc(Cc2ccc(C)cc2)cc1. The van der Waals surface area contributed by atoms with E-state index in [1.165, 1.54) is 48.9 Å². The molecule has 42 heavy (non-hydrogen) atoms. The van der Waals surface area contributed by atoms with Crippen LogP contribution in [0.4, 0.5) is 26.3 Å². The lowest BCUT2D eigenvalue weighted by Gasteiger charge is -2.29. The Morgan fingerprint density at radius 1 is 0.690 bits per heavy atom. The van der Waals surface area contributed by atoms with Crippen molar-refractivity contribution in [3.63, 3.8) is 0 Å². The molecule has 0 radical (unpaired) electrons. The molecule has 0 aliphatic heterocycles. The molecule has 11 heteroatoms. The second-order valence-corrected chi connectivity index (χ2v) is 12.5. The molecule has 0 bridgehead atoms. The largest absolute Gasteiger partial charge is 0.402 e. The van der Waals surface area contributed by atoms with Crippen molar-refractivity contribution in [2.75, 3.05) is 26.7 Å². The first-order chi connectivity index (χ1) is 18.8. The van der Waals surface area contributed by atoms with Crippen molar-refractivity contribution in [1.82, 2.24) is 0 Å². The van der Waals surface area contributed by atoms with Gasteiger partial charge in [-0.15, -0.1) is 0 Å². The number of hydrogen-bond donors (Lipinski definition) is 0. The molecule has 4 nitrogen and oxygen atoms in total. The zero-order chi connectivity index (χ0) is 34.4. The number of Topliss-reactive ketones (excluding diaryl/α,β-unsaturated/α-hetero) is 1. The van der Waals surface area contributed by atoms with Crippen molar-refractivity contribution in [3.8, 4) is 0 Å². The third kappa shape index (κ3) is 30.6. The number of aryl methyl sites for hydroxylation is 2. The van der Waals surface area contributed by atoms with Gasteiger partial charge in [0.05, 0.1) is 0 Å². The van der Waals surface area contributed by atoms with Gasteiger partial charge in [0.15, 0.2) is 5.41 Å². The lowest BCUT2D eigenvalue weighted by molar-refractivity contribution is -0.327. The van der Waals surface area contributed by atoms with Crippen molar-refractivity contribution in [3.05, 3.63) is 70.8 Å². The van der Waals surface area contributed by atoms with Crippen LogP contribution in [0, 0.1) is 19.3 Å². The highest BCUT2D eigenvalue weighted by Crippen LogP contribution is 2.49. The third-order valence-electron chi connectivity index (χ3n) is 4.57. The molecule has 2 aromatic rings. The van der Waals surface area contributed by atoms with E-state index in [0.717, 1.165) is 18.9 Å². The standard InChI is InChI=1S/C15H16.C5H6F6.C4H10.C3H6O.C2H6O2S.C2H6O/c1-12-3-7-14(8-4-12)11-15-9-5-13(2)6-10-15;1-3(2,4(6,7)8)5(9,10)11;1-3-4-2;1-3(2)4;1-5(2,3)4;1-3-2/h3-10H,11H2,1-2H3;1-2H3;3-4H2,1-2H3;1-2H3;1-2H3;1-2H3. The van der Waals surface area contributed by atoms with Crippen LogP contribution in [0.2, 0.25) is 0 Å². The Bertz CT molecular complexity index is 969. The van der Waals surface area contributed by atoms with E-state index in [4.69, 9.17) is 0 Å². The molecule has 0 saturated heterocycles. The van der Waals surface area contributed by atoms with E-state index in [1.807, 2.05) is 0 Å². The van der Waals surface area contributed by atoms with Crippen LogP contribution < -0.4 is 0 Å². The van der Waals surface area contributed by atoms with E-state index in [9.17, 15) is 39.6 Å². The third-order valence-corrected chi connectivity index (χ3v) is 4.57. The molecule has 0 fully saturated rings. The summed E-state index contributed by atoms with van der Waals surface area (Å²) in [4.78, 5) is 9.44. The Hall–Kier alpha value is -2.40. The molecule has 0 aliphatic rings. The van der Waals surface area contributed by atoms with Crippen LogP contribution in [0.15, 0.2) is 48.5 Å². The molecule has 0 aliphatic carbocycles. The highest BCUT2D eigenvalue weighted by atomic mass is 32.2. The predicted octanol–water partition coefficient (Wildman–Crippen LogP) is 9.36. The molecular weight excluding hydrogens is 582 g/mol. The average Bonchev–Trinajstić information content (AvgIpc) is 2.80. The quantitative estimate of drug-likeness (QED) is 0.317. The van der Waals surface area contributed by atoms with Gasteiger partial charge in [-0.3, -0.25) is 0 Å². The molecule has 0 heterocycles. The van der Waals surface area contributed by atoms with E-state index in [2.05, 4.69) is 81.0 Å². The van der Waals surface area contributed by atoms with Crippen molar-refractivity contribution in [2.45, 2.75) is 87.0 Å². The number of sulfone groups is 1.